The maximum Gasteiger partial charge on any atom is 0.338 e. The van der Waals surface area contributed by atoms with Gasteiger partial charge in [0.15, 0.2) is 6.61 Å². The molecule has 1 aromatic carbocycles. The Bertz CT molecular complexity index is 668. The van der Waals surface area contributed by atoms with Crippen molar-refractivity contribution in [1.29, 1.82) is 0 Å². The van der Waals surface area contributed by atoms with Gasteiger partial charge in [0.2, 0.25) is 0 Å². The van der Waals surface area contributed by atoms with Crippen molar-refractivity contribution in [3.05, 3.63) is 33.9 Å². The standard InChI is InChI=1S/C18H26N2O5S/c1-12(2)8-9-26-15-7-6-13(10-14(15)20(23)24)17(22)25-11-16(21)19-18(3,4)5/h6-7,10,12H,8-9,11H2,1-5H3,(H,19,21). The van der Waals surface area contributed by atoms with E-state index in [1.54, 1.807) is 6.07 Å². The molecule has 1 N–H and O–H groups in total. The van der Waals surface area contributed by atoms with Crippen molar-refractivity contribution < 1.29 is 19.2 Å². The van der Waals surface area contributed by atoms with E-state index in [0.29, 0.717) is 10.8 Å². The third-order valence-corrected chi connectivity index (χ3v) is 4.29. The molecule has 0 atom stereocenters. The molecule has 0 aliphatic heterocycles. The molecule has 7 nitrogen and oxygen atoms in total. The van der Waals surface area contributed by atoms with Crippen LogP contribution >= 0.6 is 11.8 Å². The first-order valence-corrected chi connectivity index (χ1v) is 9.37. The van der Waals surface area contributed by atoms with Crippen molar-refractivity contribution in [3.8, 4) is 0 Å². The topological polar surface area (TPSA) is 98.5 Å². The van der Waals surface area contributed by atoms with Crippen LogP contribution in [0.2, 0.25) is 0 Å². The van der Waals surface area contributed by atoms with Gasteiger partial charge < -0.3 is 10.1 Å². The SMILES string of the molecule is CC(C)CCSc1ccc(C(=O)OCC(=O)NC(C)(C)C)cc1[N+](=O)[O-]. The van der Waals surface area contributed by atoms with Crippen molar-refractivity contribution >= 4 is 29.3 Å². The fourth-order valence-electron chi connectivity index (χ4n) is 1.98. The molecule has 1 rings (SSSR count). The van der Waals surface area contributed by atoms with E-state index < -0.39 is 28.9 Å². The molecule has 0 heterocycles. The molecule has 144 valence electrons. The summed E-state index contributed by atoms with van der Waals surface area (Å²) in [4.78, 5) is 35.1. The Morgan fingerprint density at radius 1 is 1.31 bits per heavy atom. The molecule has 1 amide bonds. The molecule has 26 heavy (non-hydrogen) atoms. The predicted octanol–water partition coefficient (Wildman–Crippen LogP) is 3.80. The lowest BCUT2D eigenvalue weighted by Gasteiger charge is -2.20. The molecule has 0 saturated carbocycles. The molecular weight excluding hydrogens is 356 g/mol. The van der Waals surface area contributed by atoms with Crippen molar-refractivity contribution in [2.75, 3.05) is 12.4 Å². The van der Waals surface area contributed by atoms with Crippen molar-refractivity contribution in [1.82, 2.24) is 5.32 Å². The average Bonchev–Trinajstić information content (AvgIpc) is 2.50. The Hall–Kier alpha value is -2.09. The Balaban J connectivity index is 2.77. The molecule has 0 aliphatic rings. The minimum absolute atomic E-state index is 0.0495. The molecule has 0 aliphatic carbocycles. The van der Waals surface area contributed by atoms with Gasteiger partial charge >= 0.3 is 5.97 Å². The van der Waals surface area contributed by atoms with E-state index in [9.17, 15) is 19.7 Å². The summed E-state index contributed by atoms with van der Waals surface area (Å²) in [6.45, 7) is 9.17. The summed E-state index contributed by atoms with van der Waals surface area (Å²) in [5.41, 5.74) is -0.516. The highest BCUT2D eigenvalue weighted by Gasteiger charge is 2.20. The van der Waals surface area contributed by atoms with Gasteiger partial charge in [0.25, 0.3) is 11.6 Å². The van der Waals surface area contributed by atoms with Crippen LogP contribution in [0.25, 0.3) is 0 Å². The molecule has 1 aromatic rings. The highest BCUT2D eigenvalue weighted by Crippen LogP contribution is 2.31. The normalized spacial score (nSPS) is 11.3. The van der Waals surface area contributed by atoms with E-state index in [1.807, 2.05) is 20.8 Å². The number of nitro benzene ring substituents is 1. The summed E-state index contributed by atoms with van der Waals surface area (Å²) < 4.78 is 4.94. The van der Waals surface area contributed by atoms with Crippen LogP contribution in [0.4, 0.5) is 5.69 Å². The Morgan fingerprint density at radius 2 is 1.96 bits per heavy atom. The maximum absolute atomic E-state index is 12.1. The van der Waals surface area contributed by atoms with Gasteiger partial charge in [-0.05, 0) is 51.0 Å². The van der Waals surface area contributed by atoms with Gasteiger partial charge in [-0.3, -0.25) is 14.9 Å². The number of benzene rings is 1. The van der Waals surface area contributed by atoms with E-state index in [4.69, 9.17) is 4.74 Å². The van der Waals surface area contributed by atoms with E-state index in [0.717, 1.165) is 12.2 Å². The quantitative estimate of drug-likeness (QED) is 0.318. The highest BCUT2D eigenvalue weighted by molar-refractivity contribution is 7.99. The number of thioether (sulfide) groups is 1. The lowest BCUT2D eigenvalue weighted by Crippen LogP contribution is -2.42. The van der Waals surface area contributed by atoms with Crippen molar-refractivity contribution in [2.45, 2.75) is 51.5 Å². The molecule has 0 saturated heterocycles. The summed E-state index contributed by atoms with van der Waals surface area (Å²) in [5.74, 6) is 0.0714. The number of ether oxygens (including phenoxy) is 1. The van der Waals surface area contributed by atoms with Crippen LogP contribution in [0, 0.1) is 16.0 Å². The number of nitrogens with one attached hydrogen (secondary N) is 1. The minimum Gasteiger partial charge on any atom is -0.452 e. The second-order valence-electron chi connectivity index (χ2n) is 7.34. The largest absolute Gasteiger partial charge is 0.452 e. The van der Waals surface area contributed by atoms with E-state index in [2.05, 4.69) is 19.2 Å². The zero-order chi connectivity index (χ0) is 19.9. The van der Waals surface area contributed by atoms with Crippen molar-refractivity contribution in [3.63, 3.8) is 0 Å². The van der Waals surface area contributed by atoms with Crippen LogP contribution in [-0.4, -0.2) is 34.7 Å². The lowest BCUT2D eigenvalue weighted by molar-refractivity contribution is -0.387. The Kier molecular flexibility index (Phi) is 8.08. The number of amides is 1. The average molecular weight is 382 g/mol. The zero-order valence-electron chi connectivity index (χ0n) is 15.8. The summed E-state index contributed by atoms with van der Waals surface area (Å²) in [7, 11) is 0. The van der Waals surface area contributed by atoms with E-state index in [1.165, 1.54) is 23.9 Å². The molecule has 0 aromatic heterocycles. The first-order valence-electron chi connectivity index (χ1n) is 8.39. The van der Waals surface area contributed by atoms with E-state index in [-0.39, 0.29) is 11.3 Å². The fourth-order valence-corrected chi connectivity index (χ4v) is 3.24. The second-order valence-corrected chi connectivity index (χ2v) is 8.48. The molecule has 0 fully saturated rings. The van der Waals surface area contributed by atoms with Crippen LogP contribution in [0.5, 0.6) is 0 Å². The summed E-state index contributed by atoms with van der Waals surface area (Å²) in [6, 6.07) is 4.23. The first kappa shape index (κ1) is 22.0. The molecule has 0 spiro atoms. The predicted molar refractivity (Wildman–Crippen MR) is 101 cm³/mol. The number of esters is 1. The maximum atomic E-state index is 12.1. The minimum atomic E-state index is -0.768. The van der Waals surface area contributed by atoms with Gasteiger partial charge in [0, 0.05) is 11.6 Å². The van der Waals surface area contributed by atoms with Crippen LogP contribution in [0.3, 0.4) is 0 Å². The molecular formula is C18H26N2O5S. The monoisotopic (exact) mass is 382 g/mol. The summed E-state index contributed by atoms with van der Waals surface area (Å²) in [5, 5.41) is 14.0. The van der Waals surface area contributed by atoms with E-state index >= 15 is 0 Å². The fraction of sp³-hybridized carbons (Fsp3) is 0.556. The number of carbonyl (C=O) groups excluding carboxylic acids is 2. The van der Waals surface area contributed by atoms with Crippen LogP contribution < -0.4 is 5.32 Å². The second kappa shape index (κ2) is 9.56. The molecule has 0 bridgehead atoms. The van der Waals surface area contributed by atoms with Gasteiger partial charge in [-0.1, -0.05) is 13.8 Å². The Morgan fingerprint density at radius 3 is 2.50 bits per heavy atom. The third-order valence-electron chi connectivity index (χ3n) is 3.19. The number of carbonyl (C=O) groups is 2. The molecule has 8 heteroatoms. The number of rotatable bonds is 8. The van der Waals surface area contributed by atoms with Gasteiger partial charge in [-0.15, -0.1) is 11.8 Å². The van der Waals surface area contributed by atoms with Crippen LogP contribution in [0.1, 0.15) is 51.4 Å². The van der Waals surface area contributed by atoms with Crippen molar-refractivity contribution in [2.24, 2.45) is 5.92 Å². The van der Waals surface area contributed by atoms with Crippen LogP contribution in [0.15, 0.2) is 23.1 Å². The van der Waals surface area contributed by atoms with Gasteiger partial charge in [-0.2, -0.15) is 0 Å². The number of nitrogens with zero attached hydrogens (tertiary/aromatic N) is 1. The molecule has 0 radical (unpaired) electrons. The van der Waals surface area contributed by atoms with Crippen LogP contribution in [-0.2, 0) is 9.53 Å². The molecule has 0 unspecified atom stereocenters. The lowest BCUT2D eigenvalue weighted by atomic mass is 10.1. The van der Waals surface area contributed by atoms with Gasteiger partial charge in [-0.25, -0.2) is 4.79 Å². The van der Waals surface area contributed by atoms with Gasteiger partial charge in [0.1, 0.15) is 0 Å². The van der Waals surface area contributed by atoms with Gasteiger partial charge in [0.05, 0.1) is 15.4 Å². The zero-order valence-corrected chi connectivity index (χ0v) is 16.6. The summed E-state index contributed by atoms with van der Waals surface area (Å²) >= 11 is 1.39. The number of hydrogen-bond donors (Lipinski definition) is 1. The Labute approximate surface area is 158 Å². The number of nitro groups is 1. The number of hydrogen-bond acceptors (Lipinski definition) is 6. The smallest absolute Gasteiger partial charge is 0.338 e. The summed E-state index contributed by atoms with van der Waals surface area (Å²) in [6.07, 6.45) is 0.939. The first-order chi connectivity index (χ1) is 12.0. The third kappa shape index (κ3) is 7.86. The highest BCUT2D eigenvalue weighted by atomic mass is 32.2.